The normalized spacial score (nSPS) is 24.0. The second-order valence-electron chi connectivity index (χ2n) is 8.40. The highest BCUT2D eigenvalue weighted by molar-refractivity contribution is 5.44. The highest BCUT2D eigenvalue weighted by Gasteiger charge is 2.34. The van der Waals surface area contributed by atoms with Gasteiger partial charge in [0.15, 0.2) is 0 Å². The minimum absolute atomic E-state index is 0.251. The highest BCUT2D eigenvalue weighted by atomic mass is 16.3. The molecule has 0 bridgehead atoms. The predicted octanol–water partition coefficient (Wildman–Crippen LogP) is 1.89. The number of hydrogen-bond donors (Lipinski definition) is 1. The third-order valence-electron chi connectivity index (χ3n) is 6.33. The monoisotopic (exact) mass is 395 g/mol. The molecule has 2 aliphatic rings. The minimum atomic E-state index is -0.346. The number of rotatable bonds is 5. The van der Waals surface area contributed by atoms with Crippen LogP contribution in [0, 0.1) is 13.8 Å². The first kappa shape index (κ1) is 20.3. The Morgan fingerprint density at radius 3 is 2.52 bits per heavy atom. The zero-order chi connectivity index (χ0) is 20.2. The Balaban J connectivity index is 1.27. The first-order valence-corrected chi connectivity index (χ1v) is 10.8. The first-order valence-electron chi connectivity index (χ1n) is 10.8. The molecule has 29 heavy (non-hydrogen) atoms. The average Bonchev–Trinajstić information content (AvgIpc) is 2.75. The van der Waals surface area contributed by atoms with Crippen LogP contribution < -0.4 is 4.90 Å². The molecule has 156 valence electrons. The van der Waals surface area contributed by atoms with Gasteiger partial charge in [0.2, 0.25) is 0 Å². The third-order valence-corrected chi connectivity index (χ3v) is 6.33. The van der Waals surface area contributed by atoms with E-state index in [0.717, 1.165) is 69.3 Å². The molecule has 3 heterocycles. The van der Waals surface area contributed by atoms with Gasteiger partial charge in [-0.1, -0.05) is 30.3 Å². The Morgan fingerprint density at radius 2 is 1.79 bits per heavy atom. The van der Waals surface area contributed by atoms with Crippen molar-refractivity contribution in [1.82, 2.24) is 19.8 Å². The van der Waals surface area contributed by atoms with Gasteiger partial charge in [-0.3, -0.25) is 9.88 Å². The van der Waals surface area contributed by atoms with Gasteiger partial charge in [0, 0.05) is 58.1 Å². The fraction of sp³-hybridized carbons (Fsp3) is 0.565. The summed E-state index contributed by atoms with van der Waals surface area (Å²) in [5.41, 5.74) is 3.27. The van der Waals surface area contributed by atoms with Crippen LogP contribution in [0.25, 0.3) is 0 Å². The Kier molecular flexibility index (Phi) is 6.43. The van der Waals surface area contributed by atoms with Crippen LogP contribution in [0.5, 0.6) is 0 Å². The number of piperidine rings is 1. The lowest BCUT2D eigenvalue weighted by Crippen LogP contribution is -2.59. The van der Waals surface area contributed by atoms with Crippen LogP contribution in [0.15, 0.2) is 36.5 Å². The molecule has 0 aliphatic carbocycles. The van der Waals surface area contributed by atoms with Gasteiger partial charge in [-0.15, -0.1) is 0 Å². The number of hydrogen-bond acceptors (Lipinski definition) is 6. The summed E-state index contributed by atoms with van der Waals surface area (Å²) < 4.78 is 0. The standard InChI is InChI=1S/C23H33N5O/c1-18-16-24-19(2)23(25-18)28-11-9-21(22(29)17-28)27-14-12-26(13-15-27)10-8-20-6-4-3-5-7-20/h3-7,16,21-22,29H,8-15,17H2,1-2H3/t21-,22-/m1/s1. The van der Waals surface area contributed by atoms with Crippen molar-refractivity contribution >= 4 is 5.82 Å². The van der Waals surface area contributed by atoms with E-state index in [1.165, 1.54) is 5.56 Å². The van der Waals surface area contributed by atoms with E-state index in [2.05, 4.69) is 55.0 Å². The van der Waals surface area contributed by atoms with Crippen LogP contribution in [-0.4, -0.2) is 82.8 Å². The molecule has 0 radical (unpaired) electrons. The maximum Gasteiger partial charge on any atom is 0.150 e. The molecule has 4 rings (SSSR count). The quantitative estimate of drug-likeness (QED) is 0.835. The van der Waals surface area contributed by atoms with Crippen LogP contribution in [0.2, 0.25) is 0 Å². The smallest absolute Gasteiger partial charge is 0.150 e. The molecule has 6 nitrogen and oxygen atoms in total. The molecule has 2 aromatic rings. The van der Waals surface area contributed by atoms with Crippen LogP contribution in [0.3, 0.4) is 0 Å². The Bertz CT molecular complexity index is 791. The Labute approximate surface area is 174 Å². The fourth-order valence-corrected chi connectivity index (χ4v) is 4.61. The Morgan fingerprint density at radius 1 is 1.03 bits per heavy atom. The maximum atomic E-state index is 10.9. The van der Waals surface area contributed by atoms with Crippen LogP contribution >= 0.6 is 0 Å². The van der Waals surface area contributed by atoms with Crippen molar-refractivity contribution in [3.8, 4) is 0 Å². The van der Waals surface area contributed by atoms with Crippen molar-refractivity contribution in [2.45, 2.75) is 38.8 Å². The molecular weight excluding hydrogens is 362 g/mol. The Hall–Kier alpha value is -2.02. The van der Waals surface area contributed by atoms with Gasteiger partial charge in [0.25, 0.3) is 0 Å². The third kappa shape index (κ3) is 4.94. The van der Waals surface area contributed by atoms with Gasteiger partial charge in [0.05, 0.1) is 17.5 Å². The molecule has 2 saturated heterocycles. The number of anilines is 1. The summed E-state index contributed by atoms with van der Waals surface area (Å²) in [6, 6.07) is 11.0. The van der Waals surface area contributed by atoms with Crippen molar-refractivity contribution in [1.29, 1.82) is 0 Å². The largest absolute Gasteiger partial charge is 0.390 e. The first-order chi connectivity index (χ1) is 14.1. The topological polar surface area (TPSA) is 55.7 Å². The summed E-state index contributed by atoms with van der Waals surface area (Å²) in [6.45, 7) is 10.9. The molecule has 6 heteroatoms. The molecule has 2 aliphatic heterocycles. The van der Waals surface area contributed by atoms with E-state index in [1.54, 1.807) is 6.20 Å². The summed E-state index contributed by atoms with van der Waals surface area (Å²) in [6.07, 6.45) is 3.54. The summed E-state index contributed by atoms with van der Waals surface area (Å²) in [5, 5.41) is 10.9. The van der Waals surface area contributed by atoms with E-state index >= 15 is 0 Å². The number of aliphatic hydroxyl groups is 1. The zero-order valence-electron chi connectivity index (χ0n) is 17.7. The predicted molar refractivity (Wildman–Crippen MR) is 116 cm³/mol. The van der Waals surface area contributed by atoms with Crippen LogP contribution in [-0.2, 0) is 6.42 Å². The average molecular weight is 396 g/mol. The fourth-order valence-electron chi connectivity index (χ4n) is 4.61. The van der Waals surface area contributed by atoms with Crippen molar-refractivity contribution in [2.75, 3.05) is 50.7 Å². The minimum Gasteiger partial charge on any atom is -0.390 e. The van der Waals surface area contributed by atoms with Crippen molar-refractivity contribution in [3.63, 3.8) is 0 Å². The van der Waals surface area contributed by atoms with Gasteiger partial charge in [0.1, 0.15) is 5.82 Å². The van der Waals surface area contributed by atoms with Crippen molar-refractivity contribution in [2.24, 2.45) is 0 Å². The summed E-state index contributed by atoms with van der Waals surface area (Å²) >= 11 is 0. The number of aromatic nitrogens is 2. The van der Waals surface area contributed by atoms with Gasteiger partial charge in [-0.05, 0) is 32.3 Å². The van der Waals surface area contributed by atoms with E-state index < -0.39 is 0 Å². The van der Waals surface area contributed by atoms with Gasteiger partial charge in [-0.25, -0.2) is 4.98 Å². The molecule has 0 amide bonds. The van der Waals surface area contributed by atoms with E-state index in [1.807, 2.05) is 13.8 Å². The molecule has 2 fully saturated rings. The van der Waals surface area contributed by atoms with Gasteiger partial charge >= 0.3 is 0 Å². The second kappa shape index (κ2) is 9.20. The number of nitrogens with zero attached hydrogens (tertiary/aromatic N) is 5. The molecule has 0 unspecified atom stereocenters. The number of aliphatic hydroxyl groups excluding tert-OH is 1. The number of β-amino-alcohol motifs (C(OH)–C–C–N with tert-alkyl or cyclic N) is 1. The summed E-state index contributed by atoms with van der Waals surface area (Å²) in [4.78, 5) is 16.3. The van der Waals surface area contributed by atoms with Crippen molar-refractivity contribution in [3.05, 3.63) is 53.5 Å². The number of benzene rings is 1. The molecule has 1 aromatic carbocycles. The highest BCUT2D eigenvalue weighted by Crippen LogP contribution is 2.24. The second-order valence-corrected chi connectivity index (χ2v) is 8.40. The summed E-state index contributed by atoms with van der Waals surface area (Å²) in [5.74, 6) is 0.924. The molecule has 1 N–H and O–H groups in total. The van der Waals surface area contributed by atoms with E-state index in [-0.39, 0.29) is 12.1 Å². The van der Waals surface area contributed by atoms with Crippen LogP contribution in [0.4, 0.5) is 5.82 Å². The lowest BCUT2D eigenvalue weighted by Gasteiger charge is -2.45. The number of piperazine rings is 1. The molecule has 1 aromatic heterocycles. The van der Waals surface area contributed by atoms with Gasteiger partial charge in [-0.2, -0.15) is 0 Å². The van der Waals surface area contributed by atoms with E-state index in [4.69, 9.17) is 0 Å². The SMILES string of the molecule is Cc1cnc(C)c(N2CC[C@@H](N3CCN(CCc4ccccc4)CC3)[C@H](O)C2)n1. The lowest BCUT2D eigenvalue weighted by atomic mass is 9.99. The molecular formula is C23H33N5O. The number of aryl methyl sites for hydroxylation is 2. The molecule has 2 atom stereocenters. The molecule has 0 spiro atoms. The van der Waals surface area contributed by atoms with E-state index in [0.29, 0.717) is 6.54 Å². The molecule has 0 saturated carbocycles. The van der Waals surface area contributed by atoms with Gasteiger partial charge < -0.3 is 14.9 Å². The summed E-state index contributed by atoms with van der Waals surface area (Å²) in [7, 11) is 0. The lowest BCUT2D eigenvalue weighted by molar-refractivity contribution is 0.00964. The zero-order valence-corrected chi connectivity index (χ0v) is 17.7. The van der Waals surface area contributed by atoms with E-state index in [9.17, 15) is 5.11 Å². The maximum absolute atomic E-state index is 10.9. The van der Waals surface area contributed by atoms with Crippen molar-refractivity contribution < 1.29 is 5.11 Å². The van der Waals surface area contributed by atoms with Crippen LogP contribution in [0.1, 0.15) is 23.4 Å².